The van der Waals surface area contributed by atoms with Gasteiger partial charge in [-0.25, -0.2) is 0 Å². The first-order valence-corrected chi connectivity index (χ1v) is 7.75. The summed E-state index contributed by atoms with van der Waals surface area (Å²) in [5, 5.41) is 0. The van der Waals surface area contributed by atoms with Crippen molar-refractivity contribution in [1.29, 1.82) is 0 Å². The van der Waals surface area contributed by atoms with Crippen LogP contribution in [0.1, 0.15) is 39.5 Å². The van der Waals surface area contributed by atoms with E-state index in [4.69, 9.17) is 14.8 Å². The lowest BCUT2D eigenvalue weighted by molar-refractivity contribution is 0.155. The number of rotatable bonds is 6. The molecule has 2 N–H and O–H groups in total. The molecule has 1 unspecified atom stereocenters. The number of nitrogens with two attached hydrogens (primary N) is 1. The highest BCUT2D eigenvalue weighted by atomic mass is 31.2. The highest BCUT2D eigenvalue weighted by Crippen LogP contribution is 2.38. The van der Waals surface area contributed by atoms with Gasteiger partial charge < -0.3 is 14.8 Å². The molecule has 0 aliphatic heterocycles. The fourth-order valence-electron chi connectivity index (χ4n) is 2.49. The minimum absolute atomic E-state index is 0.378. The van der Waals surface area contributed by atoms with Crippen molar-refractivity contribution in [1.82, 2.24) is 0 Å². The third kappa shape index (κ3) is 4.29. The highest BCUT2D eigenvalue weighted by Gasteiger charge is 2.27. The zero-order valence-corrected chi connectivity index (χ0v) is 11.7. The van der Waals surface area contributed by atoms with E-state index in [9.17, 15) is 0 Å². The van der Waals surface area contributed by atoms with Crippen LogP contribution in [0, 0.1) is 11.8 Å². The van der Waals surface area contributed by atoms with Gasteiger partial charge in [-0.2, -0.15) is 0 Å². The van der Waals surface area contributed by atoms with Gasteiger partial charge in [0.2, 0.25) is 0 Å². The Morgan fingerprint density at radius 1 is 1.38 bits per heavy atom. The lowest BCUT2D eigenvalue weighted by Crippen LogP contribution is -2.38. The molecule has 0 amide bonds. The molecule has 0 bridgehead atoms. The first kappa shape index (κ1) is 14.4. The molecule has 1 aliphatic rings. The van der Waals surface area contributed by atoms with E-state index in [1.807, 2.05) is 0 Å². The summed E-state index contributed by atoms with van der Waals surface area (Å²) in [6, 6.07) is 0.378. The Morgan fingerprint density at radius 3 is 2.62 bits per heavy atom. The Labute approximate surface area is 101 Å². The third-order valence-electron chi connectivity index (χ3n) is 3.55. The zero-order valence-electron chi connectivity index (χ0n) is 10.8. The lowest BCUT2D eigenvalue weighted by Gasteiger charge is -2.33. The van der Waals surface area contributed by atoms with Crippen LogP contribution in [0.25, 0.3) is 0 Å². The van der Waals surface area contributed by atoms with Crippen LogP contribution in [0.3, 0.4) is 0 Å². The van der Waals surface area contributed by atoms with Gasteiger partial charge in [0.1, 0.15) is 0 Å². The van der Waals surface area contributed by atoms with Gasteiger partial charge in [0.25, 0.3) is 0 Å². The zero-order chi connectivity index (χ0) is 12.0. The molecule has 0 radical (unpaired) electrons. The van der Waals surface area contributed by atoms with Gasteiger partial charge in [0, 0.05) is 19.3 Å². The fraction of sp³-hybridized carbons (Fsp3) is 1.00. The highest BCUT2D eigenvalue weighted by molar-refractivity contribution is 7.47. The Balaban J connectivity index is 2.30. The van der Waals surface area contributed by atoms with Crippen molar-refractivity contribution in [3.8, 4) is 0 Å². The Bertz CT molecular complexity index is 188. The molecule has 4 atom stereocenters. The molecular weight excluding hydrogens is 221 g/mol. The van der Waals surface area contributed by atoms with E-state index in [-0.39, 0.29) is 0 Å². The van der Waals surface area contributed by atoms with Gasteiger partial charge in [-0.05, 0) is 24.7 Å². The summed E-state index contributed by atoms with van der Waals surface area (Å²) >= 11 is 0. The second-order valence-corrected chi connectivity index (χ2v) is 6.64. The van der Waals surface area contributed by atoms with Crippen LogP contribution >= 0.6 is 8.38 Å². The van der Waals surface area contributed by atoms with Crippen LogP contribution in [0.5, 0.6) is 0 Å². The summed E-state index contributed by atoms with van der Waals surface area (Å²) in [4.78, 5) is 0. The summed E-state index contributed by atoms with van der Waals surface area (Å²) in [5.74, 6) is 1.20. The smallest absolute Gasteiger partial charge is 0.169 e. The maximum Gasteiger partial charge on any atom is 0.169 e. The van der Waals surface area contributed by atoms with E-state index in [0.29, 0.717) is 17.9 Å². The van der Waals surface area contributed by atoms with E-state index < -0.39 is 8.38 Å². The largest absolute Gasteiger partial charge is 0.337 e. The first-order valence-electron chi connectivity index (χ1n) is 6.39. The topological polar surface area (TPSA) is 44.5 Å². The molecule has 1 aliphatic carbocycles. The molecule has 1 rings (SSSR count). The van der Waals surface area contributed by atoms with Gasteiger partial charge in [-0.15, -0.1) is 0 Å². The molecule has 1 fully saturated rings. The van der Waals surface area contributed by atoms with Crippen LogP contribution in [0.15, 0.2) is 0 Å². The summed E-state index contributed by atoms with van der Waals surface area (Å²) in [7, 11) is 1.06. The van der Waals surface area contributed by atoms with Crippen molar-refractivity contribution >= 4 is 8.38 Å². The van der Waals surface area contributed by atoms with Crippen LogP contribution in [-0.4, -0.2) is 25.9 Å². The van der Waals surface area contributed by atoms with Crippen molar-refractivity contribution in [3.05, 3.63) is 0 Å². The molecule has 4 heteroatoms. The molecule has 0 spiro atoms. The molecule has 16 heavy (non-hydrogen) atoms. The maximum absolute atomic E-state index is 6.17. The predicted molar refractivity (Wildman–Crippen MR) is 69.5 cm³/mol. The van der Waals surface area contributed by atoms with Crippen LogP contribution in [0.2, 0.25) is 0 Å². The molecule has 0 aromatic heterocycles. The van der Waals surface area contributed by atoms with Crippen LogP contribution in [0.4, 0.5) is 0 Å². The monoisotopic (exact) mass is 247 g/mol. The van der Waals surface area contributed by atoms with E-state index in [0.717, 1.165) is 12.8 Å². The number of hydrogen-bond donors (Lipinski definition) is 1. The minimum atomic E-state index is -0.665. The number of hydrogen-bond acceptors (Lipinski definition) is 3. The van der Waals surface area contributed by atoms with E-state index in [2.05, 4.69) is 13.8 Å². The van der Waals surface area contributed by atoms with Gasteiger partial charge in [-0.1, -0.05) is 26.7 Å². The van der Waals surface area contributed by atoms with Crippen molar-refractivity contribution < 1.29 is 9.05 Å². The summed E-state index contributed by atoms with van der Waals surface area (Å²) < 4.78 is 11.1. The van der Waals surface area contributed by atoms with E-state index in [1.54, 1.807) is 7.11 Å². The maximum atomic E-state index is 6.17. The molecule has 0 heterocycles. The molecule has 3 nitrogen and oxygen atoms in total. The van der Waals surface area contributed by atoms with Crippen molar-refractivity contribution in [3.63, 3.8) is 0 Å². The molecule has 0 aromatic rings. The molecular formula is C12H26NO2P. The van der Waals surface area contributed by atoms with Crippen LogP contribution in [-0.2, 0) is 9.05 Å². The lowest BCUT2D eigenvalue weighted by atomic mass is 9.78. The normalized spacial score (nSPS) is 30.0. The first-order chi connectivity index (χ1) is 7.69. The average molecular weight is 247 g/mol. The van der Waals surface area contributed by atoms with E-state index in [1.165, 1.54) is 25.7 Å². The Morgan fingerprint density at radius 2 is 2.06 bits per heavy atom. The Kier molecular flexibility index (Phi) is 6.83. The van der Waals surface area contributed by atoms with Crippen molar-refractivity contribution in [2.24, 2.45) is 17.6 Å². The fourth-order valence-corrected chi connectivity index (χ4v) is 3.44. The van der Waals surface area contributed by atoms with Gasteiger partial charge in [-0.3, -0.25) is 0 Å². The van der Waals surface area contributed by atoms with Gasteiger partial charge >= 0.3 is 0 Å². The molecule has 96 valence electrons. The molecule has 0 saturated heterocycles. The average Bonchev–Trinajstić information content (AvgIpc) is 2.30. The van der Waals surface area contributed by atoms with Crippen molar-refractivity contribution in [2.75, 3.05) is 19.9 Å². The molecule has 1 saturated carbocycles. The summed E-state index contributed by atoms with van der Waals surface area (Å²) in [6.07, 6.45) is 6.04. The minimum Gasteiger partial charge on any atom is -0.337 e. The van der Waals surface area contributed by atoms with Crippen molar-refractivity contribution in [2.45, 2.75) is 45.6 Å². The third-order valence-corrected chi connectivity index (χ3v) is 4.91. The Hall–Kier alpha value is 0.310. The predicted octanol–water partition coefficient (Wildman–Crippen LogP) is 3.13. The molecule has 0 aromatic carbocycles. The quantitative estimate of drug-likeness (QED) is 0.733. The van der Waals surface area contributed by atoms with E-state index >= 15 is 0 Å². The van der Waals surface area contributed by atoms with Gasteiger partial charge in [0.05, 0.1) is 6.61 Å². The SMILES string of the molecule is CCP(OC)OC[C@@H](C)[C@@H]1CCCC[C@@H]1N. The van der Waals surface area contributed by atoms with Gasteiger partial charge in [0.15, 0.2) is 8.38 Å². The second-order valence-electron chi connectivity index (χ2n) is 4.72. The summed E-state index contributed by atoms with van der Waals surface area (Å²) in [6.45, 7) is 5.16. The summed E-state index contributed by atoms with van der Waals surface area (Å²) in [5.41, 5.74) is 6.17. The standard InChI is InChI=1S/C12H26NO2P/c1-4-16(14-3)15-9-10(2)11-7-5-6-8-12(11)13/h10-12H,4-9,13H2,1-3H3/t10-,11+,12+,16?/m1/s1. The van der Waals surface area contributed by atoms with Crippen LogP contribution < -0.4 is 5.73 Å². The second kappa shape index (κ2) is 7.60.